The summed E-state index contributed by atoms with van der Waals surface area (Å²) in [4.78, 5) is 23.2. The zero-order valence-corrected chi connectivity index (χ0v) is 17.3. The lowest BCUT2D eigenvalue weighted by Gasteiger charge is -2.33. The quantitative estimate of drug-likeness (QED) is 0.687. The summed E-state index contributed by atoms with van der Waals surface area (Å²) in [5.74, 6) is -1.07. The summed E-state index contributed by atoms with van der Waals surface area (Å²) < 4.78 is 32.8. The molecule has 2 N–H and O–H groups in total. The molecule has 9 heteroatoms. The normalized spacial score (nSPS) is 24.2. The SMILES string of the molecule is Cc1ccc(C)c(COC2CCN(S(=O)(=O)C[C@]3(C)NC(=O)NC3=O)CC2)c1. The van der Waals surface area contributed by atoms with E-state index < -0.39 is 33.3 Å². The number of hydrogen-bond acceptors (Lipinski definition) is 5. The Morgan fingerprint density at radius 2 is 1.89 bits per heavy atom. The van der Waals surface area contributed by atoms with E-state index in [2.05, 4.69) is 28.8 Å². The first-order chi connectivity index (χ1) is 13.1. The highest BCUT2D eigenvalue weighted by molar-refractivity contribution is 7.89. The number of ether oxygens (including phenoxy) is 1. The van der Waals surface area contributed by atoms with Gasteiger partial charge in [0.1, 0.15) is 5.54 Å². The highest BCUT2D eigenvalue weighted by Crippen LogP contribution is 2.22. The number of rotatable bonds is 6. The Bertz CT molecular complexity index is 878. The van der Waals surface area contributed by atoms with E-state index in [1.807, 2.05) is 13.8 Å². The lowest BCUT2D eigenvalue weighted by molar-refractivity contribution is -0.122. The van der Waals surface area contributed by atoms with Gasteiger partial charge in [-0.15, -0.1) is 0 Å². The van der Waals surface area contributed by atoms with Crippen LogP contribution < -0.4 is 10.6 Å². The molecule has 0 aliphatic carbocycles. The van der Waals surface area contributed by atoms with Crippen LogP contribution >= 0.6 is 0 Å². The number of imide groups is 1. The van der Waals surface area contributed by atoms with Gasteiger partial charge in [-0.3, -0.25) is 10.1 Å². The van der Waals surface area contributed by atoms with Crippen LogP contribution in [0.2, 0.25) is 0 Å². The largest absolute Gasteiger partial charge is 0.373 e. The molecule has 2 saturated heterocycles. The van der Waals surface area contributed by atoms with Gasteiger partial charge in [-0.05, 0) is 44.7 Å². The maximum atomic E-state index is 12.7. The third kappa shape index (κ3) is 4.53. The van der Waals surface area contributed by atoms with E-state index in [0.717, 1.165) is 5.56 Å². The van der Waals surface area contributed by atoms with Crippen LogP contribution in [0, 0.1) is 13.8 Å². The van der Waals surface area contributed by atoms with Crippen molar-refractivity contribution in [1.82, 2.24) is 14.9 Å². The Kier molecular flexibility index (Phi) is 5.79. The van der Waals surface area contributed by atoms with E-state index in [0.29, 0.717) is 32.5 Å². The highest BCUT2D eigenvalue weighted by atomic mass is 32.2. The smallest absolute Gasteiger partial charge is 0.322 e. The lowest BCUT2D eigenvalue weighted by atomic mass is 10.1. The molecule has 0 saturated carbocycles. The van der Waals surface area contributed by atoms with Crippen molar-refractivity contribution < 1.29 is 22.7 Å². The van der Waals surface area contributed by atoms with Crippen LogP contribution in [0.25, 0.3) is 0 Å². The molecule has 3 rings (SSSR count). The standard InChI is InChI=1S/C19H27N3O5S/c1-13-4-5-14(2)15(10-13)11-27-16-6-8-22(9-7-16)28(25,26)12-19(3)17(23)20-18(24)21-19/h4-5,10,16H,6-9,11-12H2,1-3H3,(H2,20,21,23,24)/t19-/m0/s1. The summed E-state index contributed by atoms with van der Waals surface area (Å²) in [7, 11) is -3.68. The topological polar surface area (TPSA) is 105 Å². The number of carbonyl (C=O) groups excluding carboxylic acids is 2. The van der Waals surface area contributed by atoms with E-state index in [4.69, 9.17) is 4.74 Å². The number of sulfonamides is 1. The third-order valence-electron chi connectivity index (χ3n) is 5.36. The Labute approximate surface area is 165 Å². The van der Waals surface area contributed by atoms with E-state index in [-0.39, 0.29) is 6.10 Å². The molecule has 2 fully saturated rings. The summed E-state index contributed by atoms with van der Waals surface area (Å²) in [5.41, 5.74) is 2.06. The Morgan fingerprint density at radius 1 is 1.21 bits per heavy atom. The lowest BCUT2D eigenvalue weighted by Crippen LogP contribution is -2.53. The Morgan fingerprint density at radius 3 is 2.50 bits per heavy atom. The first-order valence-corrected chi connectivity index (χ1v) is 11.0. The zero-order valence-electron chi connectivity index (χ0n) is 16.4. The number of carbonyl (C=O) groups is 2. The average Bonchev–Trinajstić information content (AvgIpc) is 2.87. The summed E-state index contributed by atoms with van der Waals surface area (Å²) >= 11 is 0. The van der Waals surface area contributed by atoms with Crippen LogP contribution in [0.5, 0.6) is 0 Å². The van der Waals surface area contributed by atoms with E-state index in [1.54, 1.807) is 0 Å². The van der Waals surface area contributed by atoms with Crippen molar-refractivity contribution in [2.24, 2.45) is 0 Å². The molecule has 3 amide bonds. The predicted octanol–water partition coefficient (Wildman–Crippen LogP) is 1.21. The van der Waals surface area contributed by atoms with Gasteiger partial charge < -0.3 is 10.1 Å². The number of nitrogens with one attached hydrogen (secondary N) is 2. The minimum absolute atomic E-state index is 0.00330. The first kappa shape index (κ1) is 20.8. The van der Waals surface area contributed by atoms with Gasteiger partial charge in [-0.25, -0.2) is 17.5 Å². The van der Waals surface area contributed by atoms with Crippen LogP contribution in [0.3, 0.4) is 0 Å². The average molecular weight is 410 g/mol. The van der Waals surface area contributed by atoms with Crippen LogP contribution in [-0.2, 0) is 26.2 Å². The fourth-order valence-corrected chi connectivity index (χ4v) is 5.46. The van der Waals surface area contributed by atoms with Gasteiger partial charge in [-0.1, -0.05) is 23.8 Å². The number of hydrogen-bond donors (Lipinski definition) is 2. The molecule has 8 nitrogen and oxygen atoms in total. The summed E-state index contributed by atoms with van der Waals surface area (Å²) in [6, 6.07) is 5.58. The minimum atomic E-state index is -3.68. The van der Waals surface area contributed by atoms with Crippen molar-refractivity contribution in [2.75, 3.05) is 18.8 Å². The van der Waals surface area contributed by atoms with Crippen molar-refractivity contribution in [1.29, 1.82) is 0 Å². The zero-order chi connectivity index (χ0) is 20.5. The number of piperidine rings is 1. The van der Waals surface area contributed by atoms with Crippen molar-refractivity contribution in [2.45, 2.75) is 51.9 Å². The van der Waals surface area contributed by atoms with Gasteiger partial charge in [0.25, 0.3) is 5.91 Å². The second kappa shape index (κ2) is 7.81. The molecule has 1 aromatic carbocycles. The molecule has 2 aliphatic heterocycles. The molecule has 1 atom stereocenters. The maximum Gasteiger partial charge on any atom is 0.322 e. The Balaban J connectivity index is 1.54. The van der Waals surface area contributed by atoms with Crippen LogP contribution in [-0.4, -0.2) is 55.1 Å². The predicted molar refractivity (Wildman–Crippen MR) is 104 cm³/mol. The third-order valence-corrected chi connectivity index (χ3v) is 7.46. The minimum Gasteiger partial charge on any atom is -0.373 e. The van der Waals surface area contributed by atoms with Gasteiger partial charge in [0.15, 0.2) is 0 Å². The summed E-state index contributed by atoms with van der Waals surface area (Å²) in [6.07, 6.45) is 1.19. The molecule has 0 radical (unpaired) electrons. The number of amides is 3. The number of nitrogens with zero attached hydrogens (tertiary/aromatic N) is 1. The summed E-state index contributed by atoms with van der Waals surface area (Å²) in [6.45, 7) is 6.70. The molecule has 0 unspecified atom stereocenters. The van der Waals surface area contributed by atoms with Gasteiger partial charge in [0.05, 0.1) is 18.5 Å². The van der Waals surface area contributed by atoms with E-state index >= 15 is 0 Å². The molecule has 0 aromatic heterocycles. The number of benzene rings is 1. The number of aryl methyl sites for hydroxylation is 2. The molecule has 1 aromatic rings. The van der Waals surface area contributed by atoms with Crippen molar-refractivity contribution in [3.8, 4) is 0 Å². The first-order valence-electron chi connectivity index (χ1n) is 9.38. The molecule has 2 heterocycles. The second-order valence-electron chi connectivity index (χ2n) is 7.84. The van der Waals surface area contributed by atoms with Crippen molar-refractivity contribution in [3.63, 3.8) is 0 Å². The fourth-order valence-electron chi connectivity index (χ4n) is 3.58. The molecular weight excluding hydrogens is 382 g/mol. The highest BCUT2D eigenvalue weighted by Gasteiger charge is 2.46. The molecule has 0 spiro atoms. The Hall–Kier alpha value is -1.97. The van der Waals surface area contributed by atoms with Gasteiger partial charge in [0.2, 0.25) is 10.0 Å². The van der Waals surface area contributed by atoms with Crippen molar-refractivity contribution in [3.05, 3.63) is 34.9 Å². The molecular formula is C19H27N3O5S. The van der Waals surface area contributed by atoms with Gasteiger partial charge in [-0.2, -0.15) is 0 Å². The van der Waals surface area contributed by atoms with Gasteiger partial charge >= 0.3 is 6.03 Å². The van der Waals surface area contributed by atoms with Crippen LogP contribution in [0.1, 0.15) is 36.5 Å². The van der Waals surface area contributed by atoms with E-state index in [1.165, 1.54) is 22.4 Å². The molecule has 154 valence electrons. The monoisotopic (exact) mass is 409 g/mol. The molecule has 2 aliphatic rings. The maximum absolute atomic E-state index is 12.7. The van der Waals surface area contributed by atoms with Crippen LogP contribution in [0.15, 0.2) is 18.2 Å². The van der Waals surface area contributed by atoms with Crippen molar-refractivity contribution >= 4 is 22.0 Å². The number of urea groups is 1. The molecule has 0 bridgehead atoms. The summed E-state index contributed by atoms with van der Waals surface area (Å²) in [5, 5.41) is 4.49. The fraction of sp³-hybridized carbons (Fsp3) is 0.579. The second-order valence-corrected chi connectivity index (χ2v) is 9.80. The van der Waals surface area contributed by atoms with Crippen LogP contribution in [0.4, 0.5) is 4.79 Å². The van der Waals surface area contributed by atoms with E-state index in [9.17, 15) is 18.0 Å². The molecule has 28 heavy (non-hydrogen) atoms. The van der Waals surface area contributed by atoms with Gasteiger partial charge in [0, 0.05) is 13.1 Å².